The van der Waals surface area contributed by atoms with Crippen molar-refractivity contribution in [2.75, 3.05) is 14.2 Å². The molecule has 0 radical (unpaired) electrons. The van der Waals surface area contributed by atoms with Gasteiger partial charge >= 0.3 is 0 Å². The van der Waals surface area contributed by atoms with Gasteiger partial charge in [-0.2, -0.15) is 0 Å². The Kier molecular flexibility index (Phi) is 7.01. The number of ether oxygens (including phenoxy) is 2. The predicted octanol–water partition coefficient (Wildman–Crippen LogP) is 5.57. The fourth-order valence-electron chi connectivity index (χ4n) is 2.08. The summed E-state index contributed by atoms with van der Waals surface area (Å²) in [5.74, 6) is 1.99. The largest absolute Gasteiger partial charge is 0.496 e. The number of rotatable bonds is 7. The fraction of sp³-hybridized carbons (Fsp3) is 0.600. The summed E-state index contributed by atoms with van der Waals surface area (Å²) in [5, 5.41) is -0.0662. The van der Waals surface area contributed by atoms with E-state index in [9.17, 15) is 0 Å². The summed E-state index contributed by atoms with van der Waals surface area (Å²) in [5.41, 5.74) is 0.993. The van der Waals surface area contributed by atoms with Gasteiger partial charge in [-0.1, -0.05) is 26.7 Å². The second kappa shape index (κ2) is 8.01. The van der Waals surface area contributed by atoms with E-state index < -0.39 is 0 Å². The van der Waals surface area contributed by atoms with Gasteiger partial charge in [-0.25, -0.2) is 0 Å². The molecule has 2 unspecified atom stereocenters. The lowest BCUT2D eigenvalue weighted by molar-refractivity contribution is 0.389. The van der Waals surface area contributed by atoms with Gasteiger partial charge in [0.1, 0.15) is 11.5 Å². The van der Waals surface area contributed by atoms with Gasteiger partial charge in [-0.05, 0) is 40.4 Å². The number of alkyl halides is 1. The first kappa shape index (κ1) is 16.6. The van der Waals surface area contributed by atoms with Crippen LogP contribution < -0.4 is 9.47 Å². The van der Waals surface area contributed by atoms with E-state index in [0.717, 1.165) is 28.0 Å². The second-order valence-corrected chi connectivity index (χ2v) is 6.07. The van der Waals surface area contributed by atoms with Crippen LogP contribution in [0.5, 0.6) is 11.5 Å². The van der Waals surface area contributed by atoms with E-state index in [-0.39, 0.29) is 5.38 Å². The van der Waals surface area contributed by atoms with Gasteiger partial charge in [0.25, 0.3) is 0 Å². The van der Waals surface area contributed by atoms with Crippen LogP contribution in [0.2, 0.25) is 0 Å². The quantitative estimate of drug-likeness (QED) is 0.599. The molecule has 1 aromatic rings. The molecular weight excluding hydrogens is 328 g/mol. The maximum absolute atomic E-state index is 6.61. The molecule has 0 bridgehead atoms. The standard InChI is InChI=1S/C15H22BrClO2/c1-5-6-7-10(2)15(17)11-8-14(19-4)12(16)9-13(11)18-3/h8-10,15H,5-7H2,1-4H3. The van der Waals surface area contributed by atoms with E-state index in [1.807, 2.05) is 12.1 Å². The first-order valence-electron chi connectivity index (χ1n) is 6.60. The molecule has 0 aliphatic carbocycles. The van der Waals surface area contributed by atoms with Crippen molar-refractivity contribution < 1.29 is 9.47 Å². The van der Waals surface area contributed by atoms with Crippen LogP contribution in [0.25, 0.3) is 0 Å². The molecule has 1 rings (SSSR count). The Hall–Kier alpha value is -0.410. The third kappa shape index (κ3) is 4.28. The summed E-state index contributed by atoms with van der Waals surface area (Å²) in [4.78, 5) is 0. The fourth-order valence-corrected chi connectivity index (χ4v) is 2.86. The van der Waals surface area contributed by atoms with E-state index >= 15 is 0 Å². The Bertz CT molecular complexity index is 409. The Labute approximate surface area is 129 Å². The van der Waals surface area contributed by atoms with Crippen molar-refractivity contribution in [2.24, 2.45) is 5.92 Å². The van der Waals surface area contributed by atoms with E-state index in [0.29, 0.717) is 5.92 Å². The van der Waals surface area contributed by atoms with Crippen LogP contribution in [0, 0.1) is 5.92 Å². The molecule has 0 aliphatic heterocycles. The summed E-state index contributed by atoms with van der Waals surface area (Å²) in [6.45, 7) is 4.38. The molecule has 2 nitrogen and oxygen atoms in total. The SMILES string of the molecule is CCCCC(C)C(Cl)c1cc(OC)c(Br)cc1OC. The molecule has 0 aliphatic rings. The van der Waals surface area contributed by atoms with Gasteiger partial charge in [0.15, 0.2) is 0 Å². The van der Waals surface area contributed by atoms with Crippen molar-refractivity contribution in [3.63, 3.8) is 0 Å². The van der Waals surface area contributed by atoms with E-state index in [1.54, 1.807) is 14.2 Å². The number of unbranched alkanes of at least 4 members (excludes halogenated alkanes) is 1. The number of methoxy groups -OCH3 is 2. The minimum atomic E-state index is -0.0662. The first-order valence-corrected chi connectivity index (χ1v) is 7.83. The highest BCUT2D eigenvalue weighted by Gasteiger charge is 2.22. The van der Waals surface area contributed by atoms with Crippen LogP contribution in [0.4, 0.5) is 0 Å². The zero-order valence-electron chi connectivity index (χ0n) is 12.0. The van der Waals surface area contributed by atoms with E-state index in [2.05, 4.69) is 29.8 Å². The highest BCUT2D eigenvalue weighted by molar-refractivity contribution is 9.10. The molecule has 0 amide bonds. The van der Waals surface area contributed by atoms with Gasteiger partial charge in [-0.3, -0.25) is 0 Å². The first-order chi connectivity index (χ1) is 9.04. The highest BCUT2D eigenvalue weighted by Crippen LogP contribution is 2.42. The lowest BCUT2D eigenvalue weighted by atomic mass is 9.94. The number of hydrogen-bond acceptors (Lipinski definition) is 2. The van der Waals surface area contributed by atoms with Gasteiger partial charge < -0.3 is 9.47 Å². The minimum Gasteiger partial charge on any atom is -0.496 e. The Balaban J connectivity index is 3.02. The van der Waals surface area contributed by atoms with Crippen molar-refractivity contribution in [3.05, 3.63) is 22.2 Å². The van der Waals surface area contributed by atoms with Crippen molar-refractivity contribution in [3.8, 4) is 11.5 Å². The normalized spacial score (nSPS) is 14.0. The zero-order chi connectivity index (χ0) is 14.4. The van der Waals surface area contributed by atoms with Crippen molar-refractivity contribution >= 4 is 27.5 Å². The summed E-state index contributed by atoms with van der Waals surface area (Å²) in [6.07, 6.45) is 3.50. The maximum Gasteiger partial charge on any atom is 0.133 e. The number of benzene rings is 1. The maximum atomic E-state index is 6.61. The van der Waals surface area contributed by atoms with E-state index in [4.69, 9.17) is 21.1 Å². The van der Waals surface area contributed by atoms with Gasteiger partial charge in [-0.15, -0.1) is 11.6 Å². The Morgan fingerprint density at radius 1 is 1.21 bits per heavy atom. The van der Waals surface area contributed by atoms with Crippen LogP contribution in [-0.4, -0.2) is 14.2 Å². The van der Waals surface area contributed by atoms with Crippen LogP contribution in [0.1, 0.15) is 44.1 Å². The Morgan fingerprint density at radius 3 is 2.37 bits per heavy atom. The average Bonchev–Trinajstić information content (AvgIpc) is 2.43. The molecule has 0 saturated heterocycles. The molecule has 0 N–H and O–H groups in total. The van der Waals surface area contributed by atoms with Crippen LogP contribution in [0.3, 0.4) is 0 Å². The molecule has 108 valence electrons. The lowest BCUT2D eigenvalue weighted by Crippen LogP contribution is -2.06. The van der Waals surface area contributed by atoms with E-state index in [1.165, 1.54) is 12.8 Å². The summed E-state index contributed by atoms with van der Waals surface area (Å²) >= 11 is 10.1. The number of hydrogen-bond donors (Lipinski definition) is 0. The smallest absolute Gasteiger partial charge is 0.133 e. The van der Waals surface area contributed by atoms with Gasteiger partial charge in [0.2, 0.25) is 0 Å². The van der Waals surface area contributed by atoms with Crippen molar-refractivity contribution in [2.45, 2.75) is 38.5 Å². The second-order valence-electron chi connectivity index (χ2n) is 4.75. The van der Waals surface area contributed by atoms with Crippen LogP contribution >= 0.6 is 27.5 Å². The molecular formula is C15H22BrClO2. The zero-order valence-corrected chi connectivity index (χ0v) is 14.3. The monoisotopic (exact) mass is 348 g/mol. The van der Waals surface area contributed by atoms with Crippen molar-refractivity contribution in [1.82, 2.24) is 0 Å². The average molecular weight is 350 g/mol. The topological polar surface area (TPSA) is 18.5 Å². The van der Waals surface area contributed by atoms with Crippen LogP contribution in [-0.2, 0) is 0 Å². The summed E-state index contributed by atoms with van der Waals surface area (Å²) in [6, 6.07) is 3.87. The molecule has 2 atom stereocenters. The minimum absolute atomic E-state index is 0.0662. The summed E-state index contributed by atoms with van der Waals surface area (Å²) < 4.78 is 11.6. The Morgan fingerprint density at radius 2 is 1.84 bits per heavy atom. The molecule has 4 heteroatoms. The molecule has 0 spiro atoms. The van der Waals surface area contributed by atoms with Crippen LogP contribution in [0.15, 0.2) is 16.6 Å². The molecule has 0 heterocycles. The molecule has 1 aromatic carbocycles. The number of halogens is 2. The third-order valence-electron chi connectivity index (χ3n) is 3.31. The third-order valence-corrected chi connectivity index (χ3v) is 4.60. The molecule has 0 saturated carbocycles. The molecule has 0 fully saturated rings. The van der Waals surface area contributed by atoms with Gasteiger partial charge in [0, 0.05) is 5.56 Å². The molecule has 19 heavy (non-hydrogen) atoms. The summed E-state index contributed by atoms with van der Waals surface area (Å²) in [7, 11) is 3.32. The predicted molar refractivity (Wildman–Crippen MR) is 84.5 cm³/mol. The molecule has 0 aromatic heterocycles. The lowest BCUT2D eigenvalue weighted by Gasteiger charge is -2.21. The highest BCUT2D eigenvalue weighted by atomic mass is 79.9. The van der Waals surface area contributed by atoms with Gasteiger partial charge in [0.05, 0.1) is 24.1 Å². The van der Waals surface area contributed by atoms with Crippen molar-refractivity contribution in [1.29, 1.82) is 0 Å².